The number of methoxy groups -OCH3 is 1. The van der Waals surface area contributed by atoms with E-state index in [9.17, 15) is 18.3 Å². The highest BCUT2D eigenvalue weighted by molar-refractivity contribution is 5.95. The number of aliphatic hydroxyl groups is 1. The second kappa shape index (κ2) is 8.86. The molecule has 170 valence electrons. The minimum Gasteiger partial charge on any atom is -0.495 e. The second-order valence-corrected chi connectivity index (χ2v) is 8.36. The molecule has 0 bridgehead atoms. The number of alkyl halides is 2. The molecule has 1 aliphatic heterocycles. The number of nitrogens with one attached hydrogen (secondary N) is 1. The van der Waals surface area contributed by atoms with Crippen molar-refractivity contribution in [2.45, 2.75) is 38.3 Å². The van der Waals surface area contributed by atoms with Crippen LogP contribution in [-0.4, -0.2) is 35.9 Å². The molecular formula is C24H26F3N3O2. The van der Waals surface area contributed by atoms with Crippen molar-refractivity contribution in [3.05, 3.63) is 59.5 Å². The van der Waals surface area contributed by atoms with Gasteiger partial charge in [0.1, 0.15) is 11.6 Å². The van der Waals surface area contributed by atoms with Crippen LogP contribution in [0.4, 0.5) is 24.5 Å². The van der Waals surface area contributed by atoms with Gasteiger partial charge in [-0.1, -0.05) is 18.2 Å². The van der Waals surface area contributed by atoms with Gasteiger partial charge >= 0.3 is 0 Å². The summed E-state index contributed by atoms with van der Waals surface area (Å²) in [6.07, 6.45) is 0.0588. The molecule has 5 nitrogen and oxygen atoms in total. The third-order valence-corrected chi connectivity index (χ3v) is 6.04. The minimum atomic E-state index is -2.86. The van der Waals surface area contributed by atoms with Crippen LogP contribution in [0.1, 0.15) is 37.3 Å². The van der Waals surface area contributed by atoms with Gasteiger partial charge in [-0.15, -0.1) is 0 Å². The number of nitrogens with zero attached hydrogens (tertiary/aromatic N) is 2. The number of hydrogen-bond donors (Lipinski definition) is 2. The van der Waals surface area contributed by atoms with Gasteiger partial charge in [-0.25, -0.2) is 13.2 Å². The highest BCUT2D eigenvalue weighted by Gasteiger charge is 2.29. The number of benzene rings is 2. The Morgan fingerprint density at radius 1 is 1.22 bits per heavy atom. The largest absolute Gasteiger partial charge is 0.495 e. The van der Waals surface area contributed by atoms with E-state index in [1.54, 1.807) is 19.4 Å². The van der Waals surface area contributed by atoms with Gasteiger partial charge in [0.2, 0.25) is 0 Å². The molecule has 2 N–H and O–H groups in total. The van der Waals surface area contributed by atoms with Gasteiger partial charge in [-0.05, 0) is 31.9 Å². The van der Waals surface area contributed by atoms with Gasteiger partial charge in [0, 0.05) is 48.5 Å². The van der Waals surface area contributed by atoms with E-state index in [0.717, 1.165) is 17.1 Å². The van der Waals surface area contributed by atoms with Crippen molar-refractivity contribution < 1.29 is 23.0 Å². The third kappa shape index (κ3) is 4.46. The molecule has 1 saturated heterocycles. The first-order chi connectivity index (χ1) is 15.3. The molecule has 0 aliphatic carbocycles. The fraction of sp³-hybridized carbons (Fsp3) is 0.375. The number of aromatic nitrogens is 1. The second-order valence-electron chi connectivity index (χ2n) is 8.36. The van der Waals surface area contributed by atoms with Crippen LogP contribution in [0.5, 0.6) is 5.75 Å². The van der Waals surface area contributed by atoms with Crippen molar-refractivity contribution in [3.8, 4) is 5.75 Å². The molecule has 8 heteroatoms. The molecule has 4 rings (SSSR count). The number of rotatable bonds is 6. The maximum atomic E-state index is 14.4. The topological polar surface area (TPSA) is 57.6 Å². The van der Waals surface area contributed by atoms with E-state index in [0.29, 0.717) is 42.9 Å². The van der Waals surface area contributed by atoms with E-state index in [4.69, 9.17) is 4.74 Å². The average Bonchev–Trinajstić information content (AvgIpc) is 2.77. The van der Waals surface area contributed by atoms with Gasteiger partial charge in [-0.2, -0.15) is 0 Å². The molecule has 3 aromatic rings. The summed E-state index contributed by atoms with van der Waals surface area (Å²) in [6, 6.07) is 9.61. The van der Waals surface area contributed by atoms with E-state index >= 15 is 0 Å². The van der Waals surface area contributed by atoms with Crippen LogP contribution in [0, 0.1) is 5.82 Å². The van der Waals surface area contributed by atoms with Crippen LogP contribution in [0.3, 0.4) is 0 Å². The van der Waals surface area contributed by atoms with E-state index in [1.807, 2.05) is 19.1 Å². The van der Waals surface area contributed by atoms with Gasteiger partial charge in [0.25, 0.3) is 6.43 Å². The van der Waals surface area contributed by atoms with E-state index < -0.39 is 23.4 Å². The summed E-state index contributed by atoms with van der Waals surface area (Å²) < 4.78 is 46.1. The van der Waals surface area contributed by atoms with Gasteiger partial charge in [0.05, 0.1) is 29.5 Å². The Morgan fingerprint density at radius 3 is 2.66 bits per heavy atom. The molecule has 0 amide bonds. The van der Waals surface area contributed by atoms with Crippen molar-refractivity contribution in [2.75, 3.05) is 30.4 Å². The monoisotopic (exact) mass is 445 g/mol. The molecule has 1 aliphatic rings. The maximum Gasteiger partial charge on any atom is 0.266 e. The molecule has 2 heterocycles. The van der Waals surface area contributed by atoms with Crippen molar-refractivity contribution >= 4 is 22.3 Å². The number of halogens is 3. The summed E-state index contributed by atoms with van der Waals surface area (Å²) in [7, 11) is 1.60. The zero-order chi connectivity index (χ0) is 22.9. The molecular weight excluding hydrogens is 419 g/mol. The summed E-state index contributed by atoms with van der Waals surface area (Å²) >= 11 is 0. The molecule has 0 saturated carbocycles. The lowest BCUT2D eigenvalue weighted by molar-refractivity contribution is 0.0350. The number of fused-ring (bicyclic) bond motifs is 1. The molecule has 1 aromatic heterocycles. The number of anilines is 2. The van der Waals surface area contributed by atoms with Crippen LogP contribution in [0.2, 0.25) is 0 Å². The summed E-state index contributed by atoms with van der Waals surface area (Å²) in [5.74, 6) is -0.213. The third-order valence-electron chi connectivity index (χ3n) is 6.04. The first kappa shape index (κ1) is 22.2. The Kier molecular flexibility index (Phi) is 6.15. The fourth-order valence-corrected chi connectivity index (χ4v) is 4.05. The van der Waals surface area contributed by atoms with E-state index in [-0.39, 0.29) is 12.1 Å². The average molecular weight is 445 g/mol. The lowest BCUT2D eigenvalue weighted by atomic mass is 9.93. The number of hydrogen-bond acceptors (Lipinski definition) is 5. The van der Waals surface area contributed by atoms with Crippen molar-refractivity contribution in [2.24, 2.45) is 0 Å². The highest BCUT2D eigenvalue weighted by atomic mass is 19.3. The van der Waals surface area contributed by atoms with Crippen LogP contribution in [0.15, 0.2) is 42.6 Å². The molecule has 0 spiro atoms. The van der Waals surface area contributed by atoms with Gasteiger partial charge in [0.15, 0.2) is 0 Å². The smallest absolute Gasteiger partial charge is 0.266 e. The molecule has 0 unspecified atom stereocenters. The lowest BCUT2D eigenvalue weighted by Gasteiger charge is -2.37. The van der Waals surface area contributed by atoms with Crippen molar-refractivity contribution in [1.82, 2.24) is 4.98 Å². The Balaban J connectivity index is 1.65. The van der Waals surface area contributed by atoms with Crippen LogP contribution >= 0.6 is 0 Å². The summed E-state index contributed by atoms with van der Waals surface area (Å²) in [4.78, 5) is 6.58. The van der Waals surface area contributed by atoms with Gasteiger partial charge < -0.3 is 20.1 Å². The van der Waals surface area contributed by atoms with E-state index in [2.05, 4.69) is 15.2 Å². The first-order valence-electron chi connectivity index (χ1n) is 10.5. The van der Waals surface area contributed by atoms with Crippen LogP contribution < -0.4 is 15.0 Å². The number of piperidine rings is 1. The van der Waals surface area contributed by atoms with Crippen LogP contribution in [0.25, 0.3) is 10.9 Å². The van der Waals surface area contributed by atoms with Crippen molar-refractivity contribution in [3.63, 3.8) is 0 Å². The summed E-state index contributed by atoms with van der Waals surface area (Å²) in [6.45, 7) is 3.27. The van der Waals surface area contributed by atoms with E-state index in [1.165, 1.54) is 12.1 Å². The molecule has 0 atom stereocenters. The molecule has 32 heavy (non-hydrogen) atoms. The molecule has 1 fully saturated rings. The number of pyridine rings is 1. The minimum absolute atomic E-state index is 0.0550. The molecule has 0 radical (unpaired) electrons. The Labute approximate surface area is 184 Å². The maximum absolute atomic E-state index is 14.4. The Bertz CT molecular complexity index is 1110. The lowest BCUT2D eigenvalue weighted by Crippen LogP contribution is -2.42. The predicted molar refractivity (Wildman–Crippen MR) is 119 cm³/mol. The standard InChI is InChI=1S/C24H26F3N3O2/c1-24(31)7-10-30(11-8-24)20-12-17-18(6-9-28-19(17)13-21(20)32-2)29-14-15-4-3-5-16(22(15)25)23(26)27/h3-6,9,12-13,23,31H,7-8,10-11,14H2,1-2H3,(H,28,29). The zero-order valence-corrected chi connectivity index (χ0v) is 18.0. The van der Waals surface area contributed by atoms with Crippen molar-refractivity contribution in [1.29, 1.82) is 0 Å². The quantitative estimate of drug-likeness (QED) is 0.541. The summed E-state index contributed by atoms with van der Waals surface area (Å²) in [5, 5.41) is 14.3. The summed E-state index contributed by atoms with van der Waals surface area (Å²) in [5.41, 5.74) is 1.19. The molecule has 2 aromatic carbocycles. The normalized spacial score (nSPS) is 15.9. The highest BCUT2D eigenvalue weighted by Crippen LogP contribution is 2.38. The first-order valence-corrected chi connectivity index (χ1v) is 10.5. The van der Waals surface area contributed by atoms with Crippen LogP contribution in [-0.2, 0) is 6.54 Å². The SMILES string of the molecule is COc1cc2nccc(NCc3cccc(C(F)F)c3F)c2cc1N1CCC(C)(O)CC1. The van der Waals surface area contributed by atoms with Gasteiger partial charge in [-0.3, -0.25) is 4.98 Å². The fourth-order valence-electron chi connectivity index (χ4n) is 4.05. The number of ether oxygens (including phenoxy) is 1. The zero-order valence-electron chi connectivity index (χ0n) is 18.0. The Hall–Kier alpha value is -3.00. The predicted octanol–water partition coefficient (Wildman–Crippen LogP) is 5.28. The Morgan fingerprint density at radius 2 is 1.97 bits per heavy atom.